The largest absolute Gasteiger partial charge is 0.495 e. The molecule has 0 fully saturated rings. The van der Waals surface area contributed by atoms with Crippen molar-refractivity contribution in [3.05, 3.63) is 17.2 Å². The lowest BCUT2D eigenvalue weighted by Gasteiger charge is -2.20. The minimum atomic E-state index is -0.314. The van der Waals surface area contributed by atoms with Crippen molar-refractivity contribution in [2.24, 2.45) is 0 Å². The average molecular weight is 329 g/mol. The first-order chi connectivity index (χ1) is 10.4. The van der Waals surface area contributed by atoms with Gasteiger partial charge in [0.2, 0.25) is 11.8 Å². The Morgan fingerprint density at radius 2 is 1.86 bits per heavy atom. The van der Waals surface area contributed by atoms with Gasteiger partial charge in [0.25, 0.3) is 0 Å². The summed E-state index contributed by atoms with van der Waals surface area (Å²) in [6.45, 7) is 3.90. The highest BCUT2D eigenvalue weighted by Gasteiger charge is 2.16. The van der Waals surface area contributed by atoms with Gasteiger partial charge in [0.05, 0.1) is 31.5 Å². The topological polar surface area (TPSA) is 67.9 Å². The molecule has 2 amide bonds. The van der Waals surface area contributed by atoms with Crippen molar-refractivity contribution in [1.82, 2.24) is 4.90 Å². The first kappa shape index (κ1) is 18.1. The van der Waals surface area contributed by atoms with E-state index in [1.807, 2.05) is 6.92 Å². The van der Waals surface area contributed by atoms with Crippen molar-refractivity contribution in [3.63, 3.8) is 0 Å². The number of halogens is 1. The summed E-state index contributed by atoms with van der Waals surface area (Å²) in [6, 6.07) is 3.14. The number of carbonyl (C=O) groups excluding carboxylic acids is 2. The van der Waals surface area contributed by atoms with Crippen LogP contribution in [-0.2, 0) is 9.59 Å². The highest BCUT2D eigenvalue weighted by atomic mass is 35.5. The Morgan fingerprint density at radius 1 is 1.23 bits per heavy atom. The molecule has 0 bridgehead atoms. The van der Waals surface area contributed by atoms with Crippen LogP contribution in [0, 0.1) is 0 Å². The van der Waals surface area contributed by atoms with Crippen molar-refractivity contribution in [2.75, 3.05) is 32.6 Å². The first-order valence-corrected chi connectivity index (χ1v) is 7.27. The number of nitrogens with zero attached hydrogens (tertiary/aromatic N) is 1. The van der Waals surface area contributed by atoms with Crippen LogP contribution in [0.25, 0.3) is 0 Å². The number of carbonyl (C=O) groups is 2. The van der Waals surface area contributed by atoms with Gasteiger partial charge in [0.1, 0.15) is 11.5 Å². The minimum Gasteiger partial charge on any atom is -0.495 e. The molecule has 1 rings (SSSR count). The lowest BCUT2D eigenvalue weighted by Crippen LogP contribution is -2.37. The summed E-state index contributed by atoms with van der Waals surface area (Å²) in [5, 5.41) is 3.09. The van der Waals surface area contributed by atoms with Gasteiger partial charge in [0, 0.05) is 25.6 Å². The van der Waals surface area contributed by atoms with Crippen molar-refractivity contribution in [2.45, 2.75) is 20.3 Å². The van der Waals surface area contributed by atoms with Gasteiger partial charge in [-0.05, 0) is 6.42 Å². The summed E-state index contributed by atoms with van der Waals surface area (Å²) < 4.78 is 10.3. The van der Waals surface area contributed by atoms with E-state index in [4.69, 9.17) is 21.1 Å². The summed E-state index contributed by atoms with van der Waals surface area (Å²) >= 11 is 6.01. The predicted octanol–water partition coefficient (Wildman–Crippen LogP) is 2.55. The van der Waals surface area contributed by atoms with E-state index in [1.165, 1.54) is 26.0 Å². The van der Waals surface area contributed by atoms with Crippen LogP contribution in [-0.4, -0.2) is 44.0 Å². The second-order valence-corrected chi connectivity index (χ2v) is 5.08. The first-order valence-electron chi connectivity index (χ1n) is 6.89. The van der Waals surface area contributed by atoms with E-state index in [9.17, 15) is 9.59 Å². The number of benzene rings is 1. The number of anilines is 1. The maximum Gasteiger partial charge on any atom is 0.244 e. The number of ether oxygens (including phenoxy) is 2. The number of hydrogen-bond donors (Lipinski definition) is 1. The number of hydrogen-bond acceptors (Lipinski definition) is 4. The van der Waals surface area contributed by atoms with Crippen molar-refractivity contribution < 1.29 is 19.1 Å². The molecule has 1 N–H and O–H groups in total. The van der Waals surface area contributed by atoms with E-state index in [0.717, 1.165) is 6.42 Å². The standard InChI is InChI=1S/C15H21ClN2O4/c1-5-6-18(10(2)19)9-15(20)17-12-8-13(21-3)11(16)7-14(12)22-4/h7-8H,5-6,9H2,1-4H3,(H,17,20). The van der Waals surface area contributed by atoms with E-state index >= 15 is 0 Å². The third kappa shape index (κ3) is 4.80. The van der Waals surface area contributed by atoms with E-state index in [0.29, 0.717) is 28.8 Å². The van der Waals surface area contributed by atoms with Gasteiger partial charge in [-0.15, -0.1) is 0 Å². The van der Waals surface area contributed by atoms with Crippen LogP contribution in [0.3, 0.4) is 0 Å². The molecule has 0 atom stereocenters. The number of rotatable bonds is 7. The maximum atomic E-state index is 12.1. The molecular formula is C15H21ClN2O4. The second kappa shape index (κ2) is 8.48. The number of methoxy groups -OCH3 is 2. The Bertz CT molecular complexity index is 549. The minimum absolute atomic E-state index is 0.0166. The molecule has 1 aromatic carbocycles. The summed E-state index contributed by atoms with van der Waals surface area (Å²) in [5.41, 5.74) is 0.439. The average Bonchev–Trinajstić information content (AvgIpc) is 2.47. The van der Waals surface area contributed by atoms with E-state index in [1.54, 1.807) is 12.1 Å². The molecule has 0 aliphatic carbocycles. The fourth-order valence-corrected chi connectivity index (χ4v) is 2.17. The molecule has 122 valence electrons. The molecule has 0 unspecified atom stereocenters. The summed E-state index contributed by atoms with van der Waals surface area (Å²) in [4.78, 5) is 25.1. The third-order valence-corrected chi connectivity index (χ3v) is 3.32. The van der Waals surface area contributed by atoms with Gasteiger partial charge in [0.15, 0.2) is 0 Å². The number of nitrogens with one attached hydrogen (secondary N) is 1. The summed E-state index contributed by atoms with van der Waals surface area (Å²) in [7, 11) is 2.96. The SMILES string of the molecule is CCCN(CC(=O)Nc1cc(OC)c(Cl)cc1OC)C(C)=O. The summed E-state index contributed by atoms with van der Waals surface area (Å²) in [5.74, 6) is 0.391. The fraction of sp³-hybridized carbons (Fsp3) is 0.467. The fourth-order valence-electron chi connectivity index (χ4n) is 1.94. The zero-order valence-electron chi connectivity index (χ0n) is 13.2. The normalized spacial score (nSPS) is 10.0. The third-order valence-electron chi connectivity index (χ3n) is 3.02. The Hall–Kier alpha value is -1.95. The molecule has 0 aromatic heterocycles. The second-order valence-electron chi connectivity index (χ2n) is 4.68. The maximum absolute atomic E-state index is 12.1. The molecule has 7 heteroatoms. The Kier molecular flexibility index (Phi) is 6.98. The van der Waals surface area contributed by atoms with Gasteiger partial charge in [-0.2, -0.15) is 0 Å². The van der Waals surface area contributed by atoms with Gasteiger partial charge < -0.3 is 19.7 Å². The molecule has 1 aromatic rings. The molecule has 0 radical (unpaired) electrons. The van der Waals surface area contributed by atoms with Crippen LogP contribution < -0.4 is 14.8 Å². The summed E-state index contributed by atoms with van der Waals surface area (Å²) in [6.07, 6.45) is 0.783. The lowest BCUT2D eigenvalue weighted by atomic mass is 10.2. The van der Waals surface area contributed by atoms with Gasteiger partial charge in [-0.25, -0.2) is 0 Å². The van der Waals surface area contributed by atoms with Gasteiger partial charge in [-0.3, -0.25) is 9.59 Å². The molecular weight excluding hydrogens is 308 g/mol. The molecule has 0 saturated carbocycles. The molecule has 22 heavy (non-hydrogen) atoms. The monoisotopic (exact) mass is 328 g/mol. The van der Waals surface area contributed by atoms with Crippen LogP contribution in [0.4, 0.5) is 5.69 Å². The Labute approximate surface area is 135 Å². The lowest BCUT2D eigenvalue weighted by molar-refractivity contribution is -0.132. The highest BCUT2D eigenvalue weighted by Crippen LogP contribution is 2.35. The zero-order chi connectivity index (χ0) is 16.7. The van der Waals surface area contributed by atoms with Crippen LogP contribution in [0.5, 0.6) is 11.5 Å². The van der Waals surface area contributed by atoms with E-state index in [2.05, 4.69) is 5.32 Å². The Balaban J connectivity index is 2.89. The number of amides is 2. The van der Waals surface area contributed by atoms with Crippen LogP contribution in [0.15, 0.2) is 12.1 Å². The van der Waals surface area contributed by atoms with E-state index in [-0.39, 0.29) is 18.4 Å². The van der Waals surface area contributed by atoms with E-state index < -0.39 is 0 Å². The van der Waals surface area contributed by atoms with Gasteiger partial charge >= 0.3 is 0 Å². The van der Waals surface area contributed by atoms with Crippen LogP contribution in [0.1, 0.15) is 20.3 Å². The van der Waals surface area contributed by atoms with Crippen LogP contribution >= 0.6 is 11.6 Å². The van der Waals surface area contributed by atoms with Crippen molar-refractivity contribution >= 4 is 29.1 Å². The molecule has 0 spiro atoms. The molecule has 0 saturated heterocycles. The smallest absolute Gasteiger partial charge is 0.244 e. The molecule has 0 heterocycles. The van der Waals surface area contributed by atoms with Gasteiger partial charge in [-0.1, -0.05) is 18.5 Å². The zero-order valence-corrected chi connectivity index (χ0v) is 14.0. The quantitative estimate of drug-likeness (QED) is 0.835. The molecule has 6 nitrogen and oxygen atoms in total. The molecule has 0 aliphatic rings. The predicted molar refractivity (Wildman–Crippen MR) is 85.7 cm³/mol. The van der Waals surface area contributed by atoms with Crippen molar-refractivity contribution in [1.29, 1.82) is 0 Å². The highest BCUT2D eigenvalue weighted by molar-refractivity contribution is 6.32. The van der Waals surface area contributed by atoms with Crippen LogP contribution in [0.2, 0.25) is 5.02 Å². The molecule has 0 aliphatic heterocycles. The van der Waals surface area contributed by atoms with Crippen molar-refractivity contribution in [3.8, 4) is 11.5 Å². The Morgan fingerprint density at radius 3 is 2.36 bits per heavy atom.